The third kappa shape index (κ3) is 2.25. The molecule has 1 aromatic rings. The fourth-order valence-electron chi connectivity index (χ4n) is 2.09. The van der Waals surface area contributed by atoms with Gasteiger partial charge in [-0.15, -0.1) is 0 Å². The van der Waals surface area contributed by atoms with Crippen molar-refractivity contribution in [1.29, 1.82) is 0 Å². The van der Waals surface area contributed by atoms with Gasteiger partial charge in [-0.3, -0.25) is 4.79 Å². The van der Waals surface area contributed by atoms with Crippen molar-refractivity contribution in [2.45, 2.75) is 19.3 Å². The zero-order valence-electron chi connectivity index (χ0n) is 9.41. The van der Waals surface area contributed by atoms with Gasteiger partial charge in [-0.1, -0.05) is 24.6 Å². The summed E-state index contributed by atoms with van der Waals surface area (Å²) in [6.07, 6.45) is 3.51. The number of hydrogen-bond acceptors (Lipinski definition) is 2. The van der Waals surface area contributed by atoms with Crippen LogP contribution in [-0.4, -0.2) is 19.0 Å². The highest BCUT2D eigenvalue weighted by Crippen LogP contribution is 2.39. The van der Waals surface area contributed by atoms with E-state index in [0.717, 1.165) is 12.8 Å². The quantitative estimate of drug-likeness (QED) is 0.805. The highest BCUT2D eigenvalue weighted by molar-refractivity contribution is 5.94. The average molecular weight is 218 g/mol. The molecule has 0 saturated heterocycles. The summed E-state index contributed by atoms with van der Waals surface area (Å²) in [5.74, 6) is 0.000301. The molecule has 86 valence electrons. The minimum Gasteiger partial charge on any atom is -0.351 e. The van der Waals surface area contributed by atoms with Crippen molar-refractivity contribution in [3.8, 4) is 0 Å². The number of amides is 1. The Balaban J connectivity index is 1.89. The Morgan fingerprint density at radius 1 is 1.31 bits per heavy atom. The Kier molecular flexibility index (Phi) is 3.25. The number of benzene rings is 1. The predicted octanol–water partition coefficient (Wildman–Crippen LogP) is 1.55. The standard InChI is InChI=1S/C13H18N2O/c14-9-13(7-4-8-13)10-15-12(16)11-5-2-1-3-6-11/h1-3,5-6H,4,7-10,14H2,(H,15,16). The molecule has 3 nitrogen and oxygen atoms in total. The molecule has 0 unspecified atom stereocenters. The van der Waals surface area contributed by atoms with E-state index >= 15 is 0 Å². The normalized spacial score (nSPS) is 17.6. The van der Waals surface area contributed by atoms with Gasteiger partial charge in [0.25, 0.3) is 5.91 Å². The molecular weight excluding hydrogens is 200 g/mol. The number of carbonyl (C=O) groups excluding carboxylic acids is 1. The Labute approximate surface area is 96.0 Å². The van der Waals surface area contributed by atoms with E-state index in [1.54, 1.807) is 0 Å². The Morgan fingerprint density at radius 3 is 2.50 bits per heavy atom. The van der Waals surface area contributed by atoms with Crippen molar-refractivity contribution in [2.24, 2.45) is 11.1 Å². The predicted molar refractivity (Wildman–Crippen MR) is 64.1 cm³/mol. The molecule has 0 spiro atoms. The minimum atomic E-state index is 0.000301. The van der Waals surface area contributed by atoms with Crippen LogP contribution in [0.25, 0.3) is 0 Å². The summed E-state index contributed by atoms with van der Waals surface area (Å²) in [5, 5.41) is 2.97. The van der Waals surface area contributed by atoms with Crippen molar-refractivity contribution < 1.29 is 4.79 Å². The fourth-order valence-corrected chi connectivity index (χ4v) is 2.09. The lowest BCUT2D eigenvalue weighted by molar-refractivity contribution is 0.0876. The molecule has 3 heteroatoms. The van der Waals surface area contributed by atoms with E-state index in [9.17, 15) is 4.79 Å². The summed E-state index contributed by atoms with van der Waals surface area (Å²) in [5.41, 5.74) is 6.63. The van der Waals surface area contributed by atoms with Crippen LogP contribution in [0.3, 0.4) is 0 Å². The molecule has 16 heavy (non-hydrogen) atoms. The molecule has 3 N–H and O–H groups in total. The first-order chi connectivity index (χ1) is 7.76. The van der Waals surface area contributed by atoms with Gasteiger partial charge < -0.3 is 11.1 Å². The van der Waals surface area contributed by atoms with Crippen LogP contribution in [0, 0.1) is 5.41 Å². The van der Waals surface area contributed by atoms with Gasteiger partial charge in [0, 0.05) is 12.1 Å². The molecule has 1 amide bonds. The van der Waals surface area contributed by atoms with E-state index in [4.69, 9.17) is 5.73 Å². The van der Waals surface area contributed by atoms with Gasteiger partial charge in [0.15, 0.2) is 0 Å². The van der Waals surface area contributed by atoms with Crippen LogP contribution in [0.4, 0.5) is 0 Å². The second kappa shape index (κ2) is 4.66. The molecule has 0 bridgehead atoms. The van der Waals surface area contributed by atoms with E-state index in [1.165, 1.54) is 6.42 Å². The fraction of sp³-hybridized carbons (Fsp3) is 0.462. The van der Waals surface area contributed by atoms with Crippen molar-refractivity contribution >= 4 is 5.91 Å². The molecule has 0 heterocycles. The molecule has 1 aromatic carbocycles. The first-order valence-electron chi connectivity index (χ1n) is 5.79. The van der Waals surface area contributed by atoms with Gasteiger partial charge in [0.05, 0.1) is 0 Å². The number of nitrogens with one attached hydrogen (secondary N) is 1. The van der Waals surface area contributed by atoms with E-state index in [2.05, 4.69) is 5.32 Å². The van der Waals surface area contributed by atoms with Crippen molar-refractivity contribution in [1.82, 2.24) is 5.32 Å². The van der Waals surface area contributed by atoms with E-state index < -0.39 is 0 Å². The van der Waals surface area contributed by atoms with Crippen LogP contribution in [-0.2, 0) is 0 Å². The van der Waals surface area contributed by atoms with Gasteiger partial charge in [-0.25, -0.2) is 0 Å². The Hall–Kier alpha value is -1.35. The first kappa shape index (κ1) is 11.1. The van der Waals surface area contributed by atoms with Crippen LogP contribution in [0.5, 0.6) is 0 Å². The zero-order valence-corrected chi connectivity index (χ0v) is 9.41. The van der Waals surface area contributed by atoms with Crippen LogP contribution in [0.15, 0.2) is 30.3 Å². The number of nitrogens with two attached hydrogens (primary N) is 1. The van der Waals surface area contributed by atoms with Gasteiger partial charge in [0.1, 0.15) is 0 Å². The number of carbonyl (C=O) groups is 1. The van der Waals surface area contributed by atoms with Gasteiger partial charge in [-0.2, -0.15) is 0 Å². The highest BCUT2D eigenvalue weighted by Gasteiger charge is 2.35. The molecule has 1 fully saturated rings. The summed E-state index contributed by atoms with van der Waals surface area (Å²) in [6, 6.07) is 9.30. The average Bonchev–Trinajstić information content (AvgIpc) is 2.29. The maximum atomic E-state index is 11.8. The van der Waals surface area contributed by atoms with E-state index in [1.807, 2.05) is 30.3 Å². The molecule has 0 aromatic heterocycles. The monoisotopic (exact) mass is 218 g/mol. The molecule has 0 atom stereocenters. The molecule has 0 aliphatic heterocycles. The summed E-state index contributed by atoms with van der Waals surface area (Å²) in [6.45, 7) is 1.37. The summed E-state index contributed by atoms with van der Waals surface area (Å²) >= 11 is 0. The molecule has 1 aliphatic rings. The molecule has 0 radical (unpaired) electrons. The van der Waals surface area contributed by atoms with Crippen molar-refractivity contribution in [2.75, 3.05) is 13.1 Å². The minimum absolute atomic E-state index is 0.000301. The highest BCUT2D eigenvalue weighted by atomic mass is 16.1. The third-order valence-electron chi connectivity index (χ3n) is 3.51. The maximum absolute atomic E-state index is 11.8. The topological polar surface area (TPSA) is 55.1 Å². The second-order valence-electron chi connectivity index (χ2n) is 4.61. The summed E-state index contributed by atoms with van der Waals surface area (Å²) < 4.78 is 0. The SMILES string of the molecule is NCC1(CNC(=O)c2ccccc2)CCC1. The molecule has 1 aliphatic carbocycles. The lowest BCUT2D eigenvalue weighted by Crippen LogP contribution is -2.46. The molecular formula is C13H18N2O. The summed E-state index contributed by atoms with van der Waals surface area (Å²) in [4.78, 5) is 11.8. The second-order valence-corrected chi connectivity index (χ2v) is 4.61. The van der Waals surface area contributed by atoms with Crippen LogP contribution < -0.4 is 11.1 Å². The van der Waals surface area contributed by atoms with Crippen molar-refractivity contribution in [3.63, 3.8) is 0 Å². The molecule has 1 saturated carbocycles. The maximum Gasteiger partial charge on any atom is 0.251 e. The summed E-state index contributed by atoms with van der Waals surface area (Å²) in [7, 11) is 0. The van der Waals surface area contributed by atoms with Crippen LogP contribution in [0.1, 0.15) is 29.6 Å². The first-order valence-corrected chi connectivity index (χ1v) is 5.79. The largest absolute Gasteiger partial charge is 0.351 e. The van der Waals surface area contributed by atoms with E-state index in [0.29, 0.717) is 18.7 Å². The number of rotatable bonds is 4. The lowest BCUT2D eigenvalue weighted by atomic mass is 9.69. The Bertz CT molecular complexity index is 352. The Morgan fingerprint density at radius 2 is 2.00 bits per heavy atom. The van der Waals surface area contributed by atoms with Crippen LogP contribution in [0.2, 0.25) is 0 Å². The third-order valence-corrected chi connectivity index (χ3v) is 3.51. The van der Waals surface area contributed by atoms with E-state index in [-0.39, 0.29) is 11.3 Å². The number of hydrogen-bond donors (Lipinski definition) is 2. The lowest BCUT2D eigenvalue weighted by Gasteiger charge is -2.41. The van der Waals surface area contributed by atoms with Crippen LogP contribution >= 0.6 is 0 Å². The molecule has 2 rings (SSSR count). The van der Waals surface area contributed by atoms with Gasteiger partial charge in [0.2, 0.25) is 0 Å². The van der Waals surface area contributed by atoms with Gasteiger partial charge >= 0.3 is 0 Å². The smallest absolute Gasteiger partial charge is 0.251 e. The zero-order chi connectivity index (χ0) is 11.4. The van der Waals surface area contributed by atoms with Gasteiger partial charge in [-0.05, 0) is 36.9 Å². The van der Waals surface area contributed by atoms with Crippen molar-refractivity contribution in [3.05, 3.63) is 35.9 Å².